The Kier molecular flexibility index (Phi) is 9.34. The molecule has 0 aliphatic carbocycles. The maximum atomic E-state index is 9.78. The van der Waals surface area contributed by atoms with E-state index >= 15 is 0 Å². The molecular weight excluding hydrogens is 508 g/mol. The van der Waals surface area contributed by atoms with Crippen molar-refractivity contribution in [2.75, 3.05) is 25.8 Å². The molecule has 0 spiro atoms. The van der Waals surface area contributed by atoms with Crippen LogP contribution in [0.3, 0.4) is 0 Å². The molecule has 0 saturated heterocycles. The van der Waals surface area contributed by atoms with Crippen LogP contribution in [-0.2, 0) is 0 Å². The number of halogens is 1. The van der Waals surface area contributed by atoms with E-state index < -0.39 is 0 Å². The summed E-state index contributed by atoms with van der Waals surface area (Å²) < 4.78 is 6.17. The highest BCUT2D eigenvalue weighted by molar-refractivity contribution is 9.10. The third-order valence-electron chi connectivity index (χ3n) is 4.80. The Hall–Kier alpha value is -3.75. The van der Waals surface area contributed by atoms with E-state index in [9.17, 15) is 5.11 Å². The van der Waals surface area contributed by atoms with Crippen molar-refractivity contribution in [3.8, 4) is 34.0 Å². The van der Waals surface area contributed by atoms with E-state index in [2.05, 4.69) is 21.0 Å². The number of benzene rings is 3. The van der Waals surface area contributed by atoms with Crippen molar-refractivity contribution in [2.24, 2.45) is 5.10 Å². The molecule has 7 nitrogen and oxygen atoms in total. The van der Waals surface area contributed by atoms with Gasteiger partial charge in [-0.1, -0.05) is 58.4 Å². The average molecular weight is 535 g/mol. The second-order valence-electron chi connectivity index (χ2n) is 7.33. The number of aliphatic hydroxyl groups is 1. The van der Waals surface area contributed by atoms with Crippen molar-refractivity contribution >= 4 is 28.1 Å². The van der Waals surface area contributed by atoms with Crippen LogP contribution < -0.4 is 9.75 Å². The third kappa shape index (κ3) is 7.11. The van der Waals surface area contributed by atoms with Crippen molar-refractivity contribution in [3.05, 3.63) is 88.9 Å². The van der Waals surface area contributed by atoms with Crippen molar-refractivity contribution < 1.29 is 14.9 Å². The second-order valence-corrected chi connectivity index (χ2v) is 8.24. The number of phenolic OH excluding ortho intramolecular Hbond substituents is 1. The van der Waals surface area contributed by atoms with Crippen LogP contribution >= 0.6 is 15.9 Å². The number of aromatic nitrogens is 2. The lowest BCUT2D eigenvalue weighted by atomic mass is 10.1. The Morgan fingerprint density at radius 2 is 1.54 bits per heavy atom. The summed E-state index contributed by atoms with van der Waals surface area (Å²) in [7, 11) is 3.30. The fourth-order valence-corrected chi connectivity index (χ4v) is 3.35. The van der Waals surface area contributed by atoms with Crippen LogP contribution in [0, 0.1) is 0 Å². The third-order valence-corrected chi connectivity index (χ3v) is 5.33. The van der Waals surface area contributed by atoms with Crippen molar-refractivity contribution in [1.29, 1.82) is 0 Å². The second kappa shape index (κ2) is 12.6. The quantitative estimate of drug-likeness (QED) is 0.241. The number of aliphatic hydroxyl groups excluding tert-OH is 1. The van der Waals surface area contributed by atoms with Crippen LogP contribution in [0.25, 0.3) is 22.5 Å². The molecule has 2 N–H and O–H groups in total. The number of aromatic hydroxyl groups is 1. The normalized spacial score (nSPS) is 10.5. The van der Waals surface area contributed by atoms with Gasteiger partial charge in [0.1, 0.15) is 0 Å². The summed E-state index contributed by atoms with van der Waals surface area (Å²) in [5.74, 6) is 0.929. The summed E-state index contributed by atoms with van der Waals surface area (Å²) >= 11 is 3.48. The standard InChI is InChI=1S/C25H21BrN4O2.C2H6O/c1-30(27-16-17-8-13-23(31)24(14-17)32-2)25-28-21(18-6-4-3-5-7-18)15-22(29-25)19-9-11-20(26)12-10-19;1-2-3/h3-16,31H,1-2H3;3H,2H2,1H3/b27-16-;. The molecule has 1 aromatic heterocycles. The number of anilines is 1. The summed E-state index contributed by atoms with van der Waals surface area (Å²) in [6.07, 6.45) is 1.67. The SMILES string of the molecule is CCO.COc1cc(/C=N\N(C)c2nc(-c3ccccc3)cc(-c3ccc(Br)cc3)n2)ccc1O. The summed E-state index contributed by atoms with van der Waals surface area (Å²) in [6, 6.07) is 25.0. The van der Waals surface area contributed by atoms with E-state index in [1.54, 1.807) is 43.4 Å². The number of hydrazone groups is 1. The number of hydrogen-bond acceptors (Lipinski definition) is 7. The highest BCUT2D eigenvalue weighted by Gasteiger charge is 2.11. The zero-order chi connectivity index (χ0) is 25.2. The van der Waals surface area contributed by atoms with E-state index in [-0.39, 0.29) is 12.4 Å². The number of nitrogens with zero attached hydrogens (tertiary/aromatic N) is 4. The molecule has 0 atom stereocenters. The van der Waals surface area contributed by atoms with E-state index in [0.717, 1.165) is 32.6 Å². The molecule has 0 saturated carbocycles. The molecule has 180 valence electrons. The molecule has 1 heterocycles. The largest absolute Gasteiger partial charge is 0.504 e. The molecule has 0 radical (unpaired) electrons. The monoisotopic (exact) mass is 534 g/mol. The first-order chi connectivity index (χ1) is 16.9. The van der Waals surface area contributed by atoms with Crippen LogP contribution in [0.15, 0.2) is 88.4 Å². The van der Waals surface area contributed by atoms with Gasteiger partial charge >= 0.3 is 0 Å². The molecule has 3 aromatic carbocycles. The van der Waals surface area contributed by atoms with Gasteiger partial charge in [0.2, 0.25) is 5.95 Å². The zero-order valence-electron chi connectivity index (χ0n) is 19.8. The molecule has 4 rings (SSSR count). The van der Waals surface area contributed by atoms with E-state index in [4.69, 9.17) is 19.8 Å². The number of phenols is 1. The topological polar surface area (TPSA) is 91.1 Å². The lowest BCUT2D eigenvalue weighted by Crippen LogP contribution is -2.13. The van der Waals surface area contributed by atoms with Crippen LogP contribution in [0.4, 0.5) is 5.95 Å². The molecule has 0 fully saturated rings. The Bertz CT molecular complexity index is 1270. The van der Waals surface area contributed by atoms with Gasteiger partial charge in [-0.2, -0.15) is 5.10 Å². The van der Waals surface area contributed by atoms with Gasteiger partial charge in [0, 0.05) is 29.3 Å². The minimum absolute atomic E-state index is 0.0797. The number of ether oxygens (including phenoxy) is 1. The zero-order valence-corrected chi connectivity index (χ0v) is 21.3. The highest BCUT2D eigenvalue weighted by atomic mass is 79.9. The van der Waals surface area contributed by atoms with Crippen molar-refractivity contribution in [3.63, 3.8) is 0 Å². The highest BCUT2D eigenvalue weighted by Crippen LogP contribution is 2.28. The molecule has 0 bridgehead atoms. The summed E-state index contributed by atoms with van der Waals surface area (Å²) in [4.78, 5) is 9.47. The lowest BCUT2D eigenvalue weighted by Gasteiger charge is -2.14. The summed E-state index contributed by atoms with van der Waals surface area (Å²) in [5.41, 5.74) is 4.36. The molecule has 0 aliphatic heterocycles. The Morgan fingerprint density at radius 3 is 2.14 bits per heavy atom. The van der Waals surface area contributed by atoms with Crippen LogP contribution in [0.5, 0.6) is 11.5 Å². The number of rotatable bonds is 6. The molecular formula is C27H27BrN4O3. The smallest absolute Gasteiger partial charge is 0.247 e. The van der Waals surface area contributed by atoms with Crippen molar-refractivity contribution in [1.82, 2.24) is 9.97 Å². The Labute approximate surface area is 213 Å². The van der Waals surface area contributed by atoms with Gasteiger partial charge in [-0.05, 0) is 48.9 Å². The van der Waals surface area contributed by atoms with Crippen molar-refractivity contribution in [2.45, 2.75) is 6.92 Å². The first kappa shape index (κ1) is 25.9. The fraction of sp³-hybridized carbons (Fsp3) is 0.148. The molecule has 0 amide bonds. The van der Waals surface area contributed by atoms with Gasteiger partial charge in [0.05, 0.1) is 24.7 Å². The van der Waals surface area contributed by atoms with Crippen LogP contribution in [-0.4, -0.2) is 47.2 Å². The van der Waals surface area contributed by atoms with Crippen LogP contribution in [0.2, 0.25) is 0 Å². The number of hydrogen-bond donors (Lipinski definition) is 2. The minimum Gasteiger partial charge on any atom is -0.504 e. The van der Waals surface area contributed by atoms with Gasteiger partial charge in [-0.15, -0.1) is 0 Å². The Morgan fingerprint density at radius 1 is 0.943 bits per heavy atom. The van der Waals surface area contributed by atoms with E-state index in [0.29, 0.717) is 11.7 Å². The predicted molar refractivity (Wildman–Crippen MR) is 144 cm³/mol. The van der Waals surface area contributed by atoms with E-state index in [1.807, 2.05) is 60.7 Å². The van der Waals surface area contributed by atoms with E-state index in [1.165, 1.54) is 7.11 Å². The number of methoxy groups -OCH3 is 1. The average Bonchev–Trinajstić information content (AvgIpc) is 2.89. The maximum Gasteiger partial charge on any atom is 0.247 e. The van der Waals surface area contributed by atoms with Gasteiger partial charge in [-0.3, -0.25) is 0 Å². The lowest BCUT2D eigenvalue weighted by molar-refractivity contribution is 0.318. The molecule has 35 heavy (non-hydrogen) atoms. The predicted octanol–water partition coefficient (Wildman–Crippen LogP) is 5.76. The first-order valence-corrected chi connectivity index (χ1v) is 11.7. The summed E-state index contributed by atoms with van der Waals surface area (Å²) in [5, 5.41) is 23.5. The Balaban J connectivity index is 0.00000108. The van der Waals surface area contributed by atoms with Gasteiger partial charge in [0.25, 0.3) is 0 Å². The van der Waals surface area contributed by atoms with Gasteiger partial charge in [0.15, 0.2) is 11.5 Å². The first-order valence-electron chi connectivity index (χ1n) is 10.9. The molecule has 4 aromatic rings. The molecule has 8 heteroatoms. The van der Waals surface area contributed by atoms with Gasteiger partial charge < -0.3 is 14.9 Å². The fourth-order valence-electron chi connectivity index (χ4n) is 3.08. The van der Waals surface area contributed by atoms with Gasteiger partial charge in [-0.25, -0.2) is 15.0 Å². The summed E-state index contributed by atoms with van der Waals surface area (Å²) in [6.45, 7) is 1.93. The molecule has 0 aliphatic rings. The van der Waals surface area contributed by atoms with Crippen LogP contribution in [0.1, 0.15) is 12.5 Å². The molecule has 0 unspecified atom stereocenters. The minimum atomic E-state index is 0.0797. The maximum absolute atomic E-state index is 9.78.